The van der Waals surface area contributed by atoms with Crippen molar-refractivity contribution in [3.8, 4) is 0 Å². The molecule has 0 aromatic heterocycles. The first-order valence-electron chi connectivity index (χ1n) is 4.84. The number of hydrogen-bond donors (Lipinski definition) is 5. The number of carboxylic acid groups (broad SMARTS) is 1. The van der Waals surface area contributed by atoms with Gasteiger partial charge in [0.1, 0.15) is 12.3 Å². The van der Waals surface area contributed by atoms with E-state index in [-0.39, 0.29) is 6.54 Å². The molecule has 104 valence electrons. The number of hydrogen-bond acceptors (Lipinski definition) is 5. The second-order valence-electron chi connectivity index (χ2n) is 3.78. The van der Waals surface area contributed by atoms with Crippen molar-refractivity contribution >= 4 is 11.9 Å². The zero-order valence-corrected chi connectivity index (χ0v) is 8.81. The number of aliphatic carboxylic acids is 1. The summed E-state index contributed by atoms with van der Waals surface area (Å²) in [6.45, 7) is -0.379. The van der Waals surface area contributed by atoms with Crippen LogP contribution in [0, 0.1) is 5.92 Å². The van der Waals surface area contributed by atoms with E-state index in [4.69, 9.17) is 5.11 Å². The van der Waals surface area contributed by atoms with Crippen LogP contribution in [0.2, 0.25) is 0 Å². The summed E-state index contributed by atoms with van der Waals surface area (Å²) >= 11 is 0. The molecule has 1 aliphatic rings. The highest BCUT2D eigenvalue weighted by Gasteiger charge is 2.45. The second kappa shape index (κ2) is 5.08. The monoisotopic (exact) mass is 272 g/mol. The maximum absolute atomic E-state index is 12.0. The quantitative estimate of drug-likeness (QED) is 0.397. The van der Waals surface area contributed by atoms with Crippen LogP contribution in [0.25, 0.3) is 0 Å². The highest BCUT2D eigenvalue weighted by atomic mass is 19.4. The Morgan fingerprint density at radius 2 is 1.78 bits per heavy atom. The van der Waals surface area contributed by atoms with E-state index in [0.717, 1.165) is 0 Å². The molecular formula is C8H11F3N2O5. The molecule has 1 fully saturated rings. The lowest BCUT2D eigenvalue weighted by Gasteiger charge is -2.36. The van der Waals surface area contributed by atoms with Crippen molar-refractivity contribution in [2.45, 2.75) is 24.6 Å². The summed E-state index contributed by atoms with van der Waals surface area (Å²) in [7, 11) is 0. The fourth-order valence-electron chi connectivity index (χ4n) is 1.52. The van der Waals surface area contributed by atoms with Crippen molar-refractivity contribution in [1.29, 1.82) is 0 Å². The van der Waals surface area contributed by atoms with E-state index in [9.17, 15) is 33.0 Å². The van der Waals surface area contributed by atoms with E-state index in [1.54, 1.807) is 0 Å². The summed E-state index contributed by atoms with van der Waals surface area (Å²) in [5.41, 5.74) is 0. The number of aliphatic hydroxyl groups excluding tert-OH is 2. The highest BCUT2D eigenvalue weighted by Crippen LogP contribution is 2.18. The summed E-state index contributed by atoms with van der Waals surface area (Å²) in [6.07, 6.45) is -10.3. The van der Waals surface area contributed by atoms with Gasteiger partial charge in [0.05, 0.1) is 12.0 Å². The Balaban J connectivity index is 2.67. The molecule has 0 aliphatic carbocycles. The number of nitrogens with one attached hydrogen (secondary N) is 2. The molecule has 18 heavy (non-hydrogen) atoms. The smallest absolute Gasteiger partial charge is 0.471 e. The van der Waals surface area contributed by atoms with Crippen LogP contribution in [0.15, 0.2) is 0 Å². The number of rotatable bonds is 2. The van der Waals surface area contributed by atoms with Crippen molar-refractivity contribution in [3.05, 3.63) is 0 Å². The van der Waals surface area contributed by atoms with Crippen molar-refractivity contribution in [3.63, 3.8) is 0 Å². The number of halogens is 3. The molecule has 0 aromatic rings. The van der Waals surface area contributed by atoms with Crippen LogP contribution in [-0.2, 0) is 9.59 Å². The molecule has 1 heterocycles. The van der Waals surface area contributed by atoms with Crippen molar-refractivity contribution in [1.82, 2.24) is 10.6 Å². The minimum Gasteiger partial charge on any atom is -0.481 e. The van der Waals surface area contributed by atoms with Crippen molar-refractivity contribution in [2.24, 2.45) is 5.92 Å². The van der Waals surface area contributed by atoms with Gasteiger partial charge in [-0.15, -0.1) is 0 Å². The molecule has 10 heteroatoms. The minimum absolute atomic E-state index is 0.379. The van der Waals surface area contributed by atoms with E-state index < -0.39 is 42.3 Å². The average molecular weight is 272 g/mol. The first-order chi connectivity index (χ1) is 8.14. The summed E-state index contributed by atoms with van der Waals surface area (Å²) in [5, 5.41) is 31.1. The first kappa shape index (κ1) is 14.7. The van der Waals surface area contributed by atoms with Crippen LogP contribution < -0.4 is 10.6 Å². The lowest BCUT2D eigenvalue weighted by atomic mass is 9.92. The summed E-state index contributed by atoms with van der Waals surface area (Å²) in [6, 6.07) is 0. The topological polar surface area (TPSA) is 119 Å². The third-order valence-electron chi connectivity index (χ3n) is 2.52. The molecule has 0 saturated carbocycles. The van der Waals surface area contributed by atoms with Gasteiger partial charge in [-0.1, -0.05) is 0 Å². The number of aliphatic hydroxyl groups is 2. The summed E-state index contributed by atoms with van der Waals surface area (Å²) in [4.78, 5) is 21.2. The van der Waals surface area contributed by atoms with Crippen LogP contribution in [0.3, 0.4) is 0 Å². The largest absolute Gasteiger partial charge is 0.481 e. The van der Waals surface area contributed by atoms with Gasteiger partial charge in [0, 0.05) is 6.54 Å². The minimum atomic E-state index is -5.13. The normalized spacial score (nSPS) is 32.9. The Hall–Kier alpha value is -1.39. The molecular weight excluding hydrogens is 261 g/mol. The van der Waals surface area contributed by atoms with Crippen molar-refractivity contribution in [2.75, 3.05) is 6.54 Å². The van der Waals surface area contributed by atoms with E-state index in [2.05, 4.69) is 5.32 Å². The van der Waals surface area contributed by atoms with Crippen LogP contribution in [0.4, 0.5) is 13.2 Å². The van der Waals surface area contributed by atoms with Gasteiger partial charge in [-0.05, 0) is 0 Å². The third kappa shape index (κ3) is 3.09. The number of carbonyl (C=O) groups excluding carboxylic acids is 1. The summed E-state index contributed by atoms with van der Waals surface area (Å²) < 4.78 is 35.9. The zero-order chi connectivity index (χ0) is 14.1. The van der Waals surface area contributed by atoms with Gasteiger partial charge in [0.15, 0.2) is 0 Å². The maximum Gasteiger partial charge on any atom is 0.471 e. The Labute approximate surface area is 98.6 Å². The number of carboxylic acids is 1. The lowest BCUT2D eigenvalue weighted by molar-refractivity contribution is -0.177. The van der Waals surface area contributed by atoms with Crippen LogP contribution >= 0.6 is 0 Å². The van der Waals surface area contributed by atoms with Crippen molar-refractivity contribution < 1.29 is 38.1 Å². The van der Waals surface area contributed by atoms with Gasteiger partial charge in [0.25, 0.3) is 0 Å². The Morgan fingerprint density at radius 3 is 2.22 bits per heavy atom. The predicted octanol–water partition coefficient (Wildman–Crippen LogP) is -1.98. The standard InChI is InChI=1S/C8H11F3N2O5/c9-8(10,11)7(18)13-5-4(15)3(14)2(1-12-5)6(16)17/h2-5,12,14-15H,1H2,(H,13,18)(H,16,17)/t2?,3-,4?,5?/m0/s1. The molecule has 3 unspecified atom stereocenters. The van der Waals surface area contributed by atoms with Crippen LogP contribution in [0.5, 0.6) is 0 Å². The van der Waals surface area contributed by atoms with Gasteiger partial charge in [-0.25, -0.2) is 0 Å². The SMILES string of the molecule is O=C(O)C1CNC(NC(=O)C(F)(F)F)C(O)[C@H]1O. The first-order valence-corrected chi connectivity index (χ1v) is 4.84. The van der Waals surface area contributed by atoms with Gasteiger partial charge in [-0.3, -0.25) is 14.9 Å². The zero-order valence-electron chi connectivity index (χ0n) is 8.81. The fraction of sp³-hybridized carbons (Fsp3) is 0.750. The molecule has 5 N–H and O–H groups in total. The highest BCUT2D eigenvalue weighted by molar-refractivity contribution is 5.82. The molecule has 0 aromatic carbocycles. The number of alkyl halides is 3. The molecule has 0 spiro atoms. The van der Waals surface area contributed by atoms with Crippen LogP contribution in [0.1, 0.15) is 0 Å². The number of amides is 1. The average Bonchev–Trinajstić information content (AvgIpc) is 2.22. The summed E-state index contributed by atoms with van der Waals surface area (Å²) in [5.74, 6) is -5.06. The Kier molecular flexibility index (Phi) is 4.14. The molecule has 1 aliphatic heterocycles. The molecule has 1 saturated heterocycles. The fourth-order valence-corrected chi connectivity index (χ4v) is 1.52. The Bertz CT molecular complexity index is 348. The Morgan fingerprint density at radius 1 is 1.22 bits per heavy atom. The molecule has 7 nitrogen and oxygen atoms in total. The predicted molar refractivity (Wildman–Crippen MR) is 49.1 cm³/mol. The van der Waals surface area contributed by atoms with Crippen LogP contribution in [-0.4, -0.2) is 58.3 Å². The molecule has 1 rings (SSSR count). The molecule has 0 bridgehead atoms. The maximum atomic E-state index is 12.0. The van der Waals surface area contributed by atoms with E-state index >= 15 is 0 Å². The van der Waals surface area contributed by atoms with E-state index in [0.29, 0.717) is 0 Å². The number of piperidine rings is 1. The van der Waals surface area contributed by atoms with Gasteiger partial charge >= 0.3 is 18.1 Å². The second-order valence-corrected chi connectivity index (χ2v) is 3.78. The van der Waals surface area contributed by atoms with Gasteiger partial charge < -0.3 is 20.6 Å². The molecule has 1 amide bonds. The third-order valence-corrected chi connectivity index (χ3v) is 2.52. The van der Waals surface area contributed by atoms with E-state index in [1.807, 2.05) is 0 Å². The van der Waals surface area contributed by atoms with Gasteiger partial charge in [-0.2, -0.15) is 13.2 Å². The number of carbonyl (C=O) groups is 2. The molecule has 4 atom stereocenters. The van der Waals surface area contributed by atoms with E-state index in [1.165, 1.54) is 5.32 Å². The molecule has 0 radical (unpaired) electrons. The van der Waals surface area contributed by atoms with Gasteiger partial charge in [0.2, 0.25) is 0 Å². The lowest BCUT2D eigenvalue weighted by Crippen LogP contribution is -2.66.